The highest BCUT2D eigenvalue weighted by Crippen LogP contribution is 2.30. The molecule has 2 N–H and O–H groups in total. The molecule has 0 saturated carbocycles. The van der Waals surface area contributed by atoms with Gasteiger partial charge in [0.2, 0.25) is 0 Å². The van der Waals surface area contributed by atoms with E-state index < -0.39 is 23.6 Å². The second-order valence-corrected chi connectivity index (χ2v) is 8.51. The van der Waals surface area contributed by atoms with Gasteiger partial charge in [-0.3, -0.25) is 14.4 Å². The summed E-state index contributed by atoms with van der Waals surface area (Å²) in [7, 11) is 2.93. The van der Waals surface area contributed by atoms with Crippen molar-refractivity contribution in [3.8, 4) is 11.5 Å². The van der Waals surface area contributed by atoms with Gasteiger partial charge in [0.25, 0.3) is 11.8 Å². The van der Waals surface area contributed by atoms with Crippen molar-refractivity contribution in [1.29, 1.82) is 0 Å². The topological polar surface area (TPSA) is 93.7 Å². The lowest BCUT2D eigenvalue weighted by Crippen LogP contribution is -2.17. The van der Waals surface area contributed by atoms with Gasteiger partial charge in [0.15, 0.2) is 5.78 Å². The van der Waals surface area contributed by atoms with Crippen molar-refractivity contribution >= 4 is 29.0 Å². The molecule has 40 heavy (non-hydrogen) atoms. The Bertz CT molecular complexity index is 1570. The molecule has 0 atom stereocenters. The summed E-state index contributed by atoms with van der Waals surface area (Å²) in [5.41, 5.74) is 0.121. The fraction of sp³-hybridized carbons (Fsp3) is 0.100. The smallest absolute Gasteiger partial charge is 0.416 e. The summed E-state index contributed by atoms with van der Waals surface area (Å²) >= 11 is 0. The number of methoxy groups -OCH3 is 2. The van der Waals surface area contributed by atoms with Crippen LogP contribution >= 0.6 is 0 Å². The molecule has 0 radical (unpaired) electrons. The molecule has 0 saturated heterocycles. The zero-order valence-corrected chi connectivity index (χ0v) is 21.3. The van der Waals surface area contributed by atoms with E-state index in [1.807, 2.05) is 0 Å². The lowest BCUT2D eigenvalue weighted by atomic mass is 10.0. The third kappa shape index (κ3) is 6.29. The molecule has 0 aliphatic rings. The Hall–Kier alpha value is -5.12. The lowest BCUT2D eigenvalue weighted by Gasteiger charge is -2.13. The van der Waals surface area contributed by atoms with Crippen LogP contribution in [0, 0.1) is 0 Å². The maximum atomic E-state index is 13.1. The Balaban J connectivity index is 1.49. The monoisotopic (exact) mass is 548 g/mol. The number of nitrogens with one attached hydrogen (secondary N) is 2. The number of alkyl halides is 3. The number of hydrogen-bond acceptors (Lipinski definition) is 5. The first-order chi connectivity index (χ1) is 19.1. The minimum atomic E-state index is -4.59. The predicted octanol–water partition coefficient (Wildman–Crippen LogP) is 6.46. The van der Waals surface area contributed by atoms with E-state index in [2.05, 4.69) is 10.6 Å². The molecule has 0 bridgehead atoms. The summed E-state index contributed by atoms with van der Waals surface area (Å²) in [5.74, 6) is -0.775. The van der Waals surface area contributed by atoms with E-state index in [0.29, 0.717) is 22.6 Å². The normalized spacial score (nSPS) is 10.9. The van der Waals surface area contributed by atoms with Crippen LogP contribution in [0.3, 0.4) is 0 Å². The number of anilines is 2. The zero-order chi connectivity index (χ0) is 28.9. The maximum Gasteiger partial charge on any atom is 0.416 e. The van der Waals surface area contributed by atoms with Crippen molar-refractivity contribution in [2.45, 2.75) is 6.18 Å². The standard InChI is InChI=1S/C30H23F3N2O5/c1-39-22-14-15-26(40-2)23(17-22)27(36)18-10-12-19(13-11-18)28(37)34-24-8-3-4-9-25(24)35-29(38)20-6-5-7-21(16-20)30(31,32)33/h3-17H,1-2H3,(H,34,37)(H,35,38). The lowest BCUT2D eigenvalue weighted by molar-refractivity contribution is -0.137. The van der Waals surface area contributed by atoms with Crippen LogP contribution in [0.1, 0.15) is 42.2 Å². The van der Waals surface area contributed by atoms with Gasteiger partial charge in [0.1, 0.15) is 11.5 Å². The van der Waals surface area contributed by atoms with E-state index in [0.717, 1.165) is 18.2 Å². The molecule has 0 fully saturated rings. The number of para-hydroxylation sites is 2. The summed E-state index contributed by atoms with van der Waals surface area (Å²) in [4.78, 5) is 38.7. The van der Waals surface area contributed by atoms with Gasteiger partial charge in [-0.2, -0.15) is 13.2 Å². The zero-order valence-electron chi connectivity index (χ0n) is 21.3. The molecule has 0 unspecified atom stereocenters. The van der Waals surface area contributed by atoms with Crippen LogP contribution in [-0.2, 0) is 6.18 Å². The number of hydrogen-bond donors (Lipinski definition) is 2. The highest BCUT2D eigenvalue weighted by Gasteiger charge is 2.31. The molecule has 204 valence electrons. The van der Waals surface area contributed by atoms with Crippen molar-refractivity contribution in [1.82, 2.24) is 0 Å². The Kier molecular flexibility index (Phi) is 8.18. The van der Waals surface area contributed by atoms with E-state index >= 15 is 0 Å². The van der Waals surface area contributed by atoms with Crippen LogP contribution in [0.2, 0.25) is 0 Å². The maximum absolute atomic E-state index is 13.1. The molecule has 0 aliphatic heterocycles. The first-order valence-electron chi connectivity index (χ1n) is 11.9. The second-order valence-electron chi connectivity index (χ2n) is 8.51. The largest absolute Gasteiger partial charge is 0.497 e. The number of halogens is 3. The van der Waals surface area contributed by atoms with E-state index in [1.54, 1.807) is 30.3 Å². The van der Waals surface area contributed by atoms with E-state index in [-0.39, 0.29) is 28.3 Å². The van der Waals surface area contributed by atoms with Crippen molar-refractivity contribution in [2.24, 2.45) is 0 Å². The van der Waals surface area contributed by atoms with Gasteiger partial charge in [0.05, 0.1) is 36.7 Å². The first-order valence-corrected chi connectivity index (χ1v) is 11.9. The molecular formula is C30H23F3N2O5. The number of carbonyl (C=O) groups is 3. The van der Waals surface area contributed by atoms with Gasteiger partial charge in [-0.15, -0.1) is 0 Å². The van der Waals surface area contributed by atoms with Gasteiger partial charge in [-0.05, 0) is 60.7 Å². The third-order valence-electron chi connectivity index (χ3n) is 5.94. The summed E-state index contributed by atoms with van der Waals surface area (Å²) in [6.07, 6.45) is -4.59. The number of carbonyl (C=O) groups excluding carboxylic acids is 3. The first kappa shape index (κ1) is 27.9. The second kappa shape index (κ2) is 11.7. The van der Waals surface area contributed by atoms with Gasteiger partial charge in [0, 0.05) is 16.7 Å². The van der Waals surface area contributed by atoms with Crippen molar-refractivity contribution in [3.63, 3.8) is 0 Å². The molecular weight excluding hydrogens is 525 g/mol. The van der Waals surface area contributed by atoms with E-state index in [1.165, 1.54) is 56.7 Å². The van der Waals surface area contributed by atoms with Crippen molar-refractivity contribution < 1.29 is 37.0 Å². The molecule has 4 aromatic carbocycles. The quantitative estimate of drug-likeness (QED) is 0.247. The molecule has 0 heterocycles. The third-order valence-corrected chi connectivity index (χ3v) is 5.94. The fourth-order valence-corrected chi connectivity index (χ4v) is 3.85. The molecule has 4 rings (SSSR count). The van der Waals surface area contributed by atoms with Crippen LogP contribution in [0.15, 0.2) is 91.0 Å². The van der Waals surface area contributed by atoms with Gasteiger partial charge < -0.3 is 20.1 Å². The number of ether oxygens (including phenoxy) is 2. The van der Waals surface area contributed by atoms with Crippen LogP contribution in [0.5, 0.6) is 11.5 Å². The summed E-state index contributed by atoms with van der Waals surface area (Å²) in [6.45, 7) is 0. The average Bonchev–Trinajstić information content (AvgIpc) is 2.97. The van der Waals surface area contributed by atoms with Crippen LogP contribution in [0.4, 0.5) is 24.5 Å². The van der Waals surface area contributed by atoms with Gasteiger partial charge >= 0.3 is 6.18 Å². The van der Waals surface area contributed by atoms with Crippen LogP contribution < -0.4 is 20.1 Å². The van der Waals surface area contributed by atoms with Crippen molar-refractivity contribution in [3.05, 3.63) is 119 Å². The van der Waals surface area contributed by atoms with Gasteiger partial charge in [-0.1, -0.05) is 30.3 Å². The Morgan fingerprint density at radius 1 is 0.650 bits per heavy atom. The number of rotatable bonds is 8. The molecule has 4 aromatic rings. The minimum Gasteiger partial charge on any atom is -0.497 e. The molecule has 0 spiro atoms. The molecule has 0 aromatic heterocycles. The van der Waals surface area contributed by atoms with Gasteiger partial charge in [-0.25, -0.2) is 0 Å². The SMILES string of the molecule is COc1ccc(OC)c(C(=O)c2ccc(C(=O)Nc3ccccc3NC(=O)c3cccc(C(F)(F)F)c3)cc2)c1. The Morgan fingerprint density at radius 2 is 1.25 bits per heavy atom. The fourth-order valence-electron chi connectivity index (χ4n) is 3.85. The van der Waals surface area contributed by atoms with Crippen LogP contribution in [0.25, 0.3) is 0 Å². The van der Waals surface area contributed by atoms with E-state index in [4.69, 9.17) is 9.47 Å². The van der Waals surface area contributed by atoms with Crippen molar-refractivity contribution in [2.75, 3.05) is 24.9 Å². The summed E-state index contributed by atoms with van der Waals surface area (Å²) in [5, 5.41) is 5.21. The molecule has 2 amide bonds. The predicted molar refractivity (Wildman–Crippen MR) is 143 cm³/mol. The molecule has 10 heteroatoms. The number of ketones is 1. The number of benzene rings is 4. The highest BCUT2D eigenvalue weighted by atomic mass is 19.4. The molecule has 0 aliphatic carbocycles. The summed E-state index contributed by atoms with van der Waals surface area (Å²) in [6, 6.07) is 21.1. The summed E-state index contributed by atoms with van der Waals surface area (Å²) < 4.78 is 49.6. The van der Waals surface area contributed by atoms with Crippen LogP contribution in [-0.4, -0.2) is 31.8 Å². The molecule has 7 nitrogen and oxygen atoms in total. The average molecular weight is 549 g/mol. The Morgan fingerprint density at radius 3 is 1.82 bits per heavy atom. The van der Waals surface area contributed by atoms with E-state index in [9.17, 15) is 27.6 Å². The Labute approximate surface area is 227 Å². The minimum absolute atomic E-state index is 0.190. The number of amides is 2. The highest BCUT2D eigenvalue weighted by molar-refractivity contribution is 6.12.